The summed E-state index contributed by atoms with van der Waals surface area (Å²) in [6, 6.07) is 3.48. The molecule has 0 unspecified atom stereocenters. The predicted octanol–water partition coefficient (Wildman–Crippen LogP) is 2.75. The summed E-state index contributed by atoms with van der Waals surface area (Å²) >= 11 is 3.23. The van der Waals surface area contributed by atoms with Crippen LogP contribution < -0.4 is 0 Å². The number of hydrogen-bond acceptors (Lipinski definition) is 1. The molecule has 1 aromatic rings. The van der Waals surface area contributed by atoms with E-state index >= 15 is 0 Å². The molecule has 0 aromatic heterocycles. The first kappa shape index (κ1) is 10.6. The van der Waals surface area contributed by atoms with Crippen LogP contribution in [-0.2, 0) is 6.54 Å². The zero-order chi connectivity index (χ0) is 9.84. The van der Waals surface area contributed by atoms with Gasteiger partial charge in [-0.15, -0.1) is 0 Å². The number of rotatable bonds is 3. The van der Waals surface area contributed by atoms with Gasteiger partial charge in [-0.1, -0.05) is 15.9 Å². The molecule has 1 rings (SSSR count). The van der Waals surface area contributed by atoms with Gasteiger partial charge < -0.3 is 0 Å². The molecule has 4 heteroatoms. The first-order valence-corrected chi connectivity index (χ1v) is 4.94. The minimum Gasteiger partial charge on any atom is -0.292 e. The molecule has 0 spiro atoms. The average Bonchev–Trinajstić information content (AvgIpc) is 2.11. The van der Waals surface area contributed by atoms with Gasteiger partial charge in [-0.2, -0.15) is 0 Å². The number of benzene rings is 1. The lowest BCUT2D eigenvalue weighted by Gasteiger charge is -2.13. The fourth-order valence-corrected chi connectivity index (χ4v) is 1.17. The van der Waals surface area contributed by atoms with Crippen molar-refractivity contribution in [3.05, 3.63) is 35.4 Å². The van der Waals surface area contributed by atoms with Gasteiger partial charge in [-0.25, -0.2) is 8.78 Å². The topological polar surface area (TPSA) is 3.24 Å². The van der Waals surface area contributed by atoms with E-state index in [-0.39, 0.29) is 5.82 Å². The highest BCUT2D eigenvalue weighted by atomic mass is 79.9. The second-order valence-corrected chi connectivity index (χ2v) is 3.37. The Kier molecular flexibility index (Phi) is 3.81. The Morgan fingerprint density at radius 1 is 1.38 bits per heavy atom. The van der Waals surface area contributed by atoms with Gasteiger partial charge in [0.25, 0.3) is 0 Å². The summed E-state index contributed by atoms with van der Waals surface area (Å²) in [5.41, 5.74) is 1.00. The number of halogens is 3. The Bertz CT molecular complexity index is 291. The van der Waals surface area contributed by atoms with Crippen molar-refractivity contribution in [3.63, 3.8) is 0 Å². The van der Waals surface area contributed by atoms with Gasteiger partial charge in [-0.3, -0.25) is 4.90 Å². The van der Waals surface area contributed by atoms with E-state index in [0.29, 0.717) is 17.6 Å². The minimum absolute atomic E-state index is 0.366. The van der Waals surface area contributed by atoms with Gasteiger partial charge in [0.05, 0.1) is 5.45 Å². The van der Waals surface area contributed by atoms with Crippen molar-refractivity contribution in [1.82, 2.24) is 4.90 Å². The van der Waals surface area contributed by atoms with Crippen LogP contribution in [0, 0.1) is 11.6 Å². The summed E-state index contributed by atoms with van der Waals surface area (Å²) in [5, 5.41) is 0. The Morgan fingerprint density at radius 3 is 2.69 bits per heavy atom. The second-order valence-electron chi connectivity index (χ2n) is 2.87. The Morgan fingerprint density at radius 2 is 2.08 bits per heavy atom. The summed E-state index contributed by atoms with van der Waals surface area (Å²) in [4.78, 5) is 1.83. The highest BCUT2D eigenvalue weighted by molar-refractivity contribution is 9.09. The molecule has 1 nitrogen and oxygen atoms in total. The summed E-state index contributed by atoms with van der Waals surface area (Å²) in [6.45, 7) is 0.398. The van der Waals surface area contributed by atoms with Gasteiger partial charge in [0.2, 0.25) is 0 Å². The molecule has 1 aromatic carbocycles. The SMILES string of the molecule is CN(CBr)Cc1cc(F)ccc1F. The van der Waals surface area contributed by atoms with Crippen LogP contribution in [0.25, 0.3) is 0 Å². The van der Waals surface area contributed by atoms with Crippen LogP contribution in [-0.4, -0.2) is 17.4 Å². The highest BCUT2D eigenvalue weighted by Gasteiger charge is 2.05. The lowest BCUT2D eigenvalue weighted by Crippen LogP contribution is -2.16. The van der Waals surface area contributed by atoms with Crippen LogP contribution in [0.4, 0.5) is 8.78 Å². The third-order valence-electron chi connectivity index (χ3n) is 1.65. The maximum atomic E-state index is 13.1. The summed E-state index contributed by atoms with van der Waals surface area (Å²) in [6.07, 6.45) is 0. The maximum Gasteiger partial charge on any atom is 0.127 e. The van der Waals surface area contributed by atoms with E-state index < -0.39 is 5.82 Å². The second kappa shape index (κ2) is 4.67. The van der Waals surface area contributed by atoms with Crippen molar-refractivity contribution in [2.75, 3.05) is 12.5 Å². The van der Waals surface area contributed by atoms with E-state index in [1.54, 1.807) is 0 Å². The van der Waals surface area contributed by atoms with Crippen LogP contribution in [0.3, 0.4) is 0 Å². The van der Waals surface area contributed by atoms with E-state index in [9.17, 15) is 8.78 Å². The van der Waals surface area contributed by atoms with Gasteiger partial charge in [0.1, 0.15) is 11.6 Å². The molecular weight excluding hydrogens is 240 g/mol. The average molecular weight is 250 g/mol. The lowest BCUT2D eigenvalue weighted by molar-refractivity contribution is 0.379. The first-order valence-electron chi connectivity index (χ1n) is 3.82. The molecule has 0 radical (unpaired) electrons. The van der Waals surface area contributed by atoms with E-state index in [0.717, 1.165) is 12.1 Å². The molecule has 0 saturated carbocycles. The molecule has 72 valence electrons. The van der Waals surface area contributed by atoms with Crippen LogP contribution >= 0.6 is 15.9 Å². The minimum atomic E-state index is -0.403. The van der Waals surface area contributed by atoms with Gasteiger partial charge in [0, 0.05) is 12.1 Å². The zero-order valence-electron chi connectivity index (χ0n) is 7.23. The largest absolute Gasteiger partial charge is 0.292 e. The molecule has 0 saturated heterocycles. The molecule has 0 aliphatic rings. The molecule has 13 heavy (non-hydrogen) atoms. The van der Waals surface area contributed by atoms with Crippen molar-refractivity contribution in [2.45, 2.75) is 6.54 Å². The number of alkyl halides is 1. The highest BCUT2D eigenvalue weighted by Crippen LogP contribution is 2.11. The van der Waals surface area contributed by atoms with E-state index in [1.807, 2.05) is 11.9 Å². The smallest absolute Gasteiger partial charge is 0.127 e. The first-order chi connectivity index (χ1) is 6.13. The molecule has 0 aliphatic heterocycles. The summed E-state index contributed by atoms with van der Waals surface area (Å²) < 4.78 is 25.8. The molecule has 0 fully saturated rings. The third-order valence-corrected chi connectivity index (χ3v) is 2.51. The molecule has 0 amide bonds. The van der Waals surface area contributed by atoms with Crippen LogP contribution in [0.5, 0.6) is 0 Å². The van der Waals surface area contributed by atoms with Gasteiger partial charge >= 0.3 is 0 Å². The van der Waals surface area contributed by atoms with E-state index in [2.05, 4.69) is 15.9 Å². The van der Waals surface area contributed by atoms with Crippen molar-refractivity contribution in [2.24, 2.45) is 0 Å². The standard InChI is InChI=1S/C9H10BrF2N/c1-13(6-10)5-7-4-8(11)2-3-9(7)12/h2-4H,5-6H2,1H3. The summed E-state index contributed by atoms with van der Waals surface area (Å²) in [5.74, 6) is -0.770. The third kappa shape index (κ3) is 3.04. The van der Waals surface area contributed by atoms with E-state index in [4.69, 9.17) is 0 Å². The monoisotopic (exact) mass is 249 g/mol. The maximum absolute atomic E-state index is 13.1. The fraction of sp³-hybridized carbons (Fsp3) is 0.333. The number of nitrogens with zero attached hydrogens (tertiary/aromatic N) is 1. The van der Waals surface area contributed by atoms with Gasteiger partial charge in [0.15, 0.2) is 0 Å². The van der Waals surface area contributed by atoms with Crippen molar-refractivity contribution >= 4 is 15.9 Å². The summed E-state index contributed by atoms with van der Waals surface area (Å²) in [7, 11) is 1.82. The van der Waals surface area contributed by atoms with Crippen molar-refractivity contribution in [3.8, 4) is 0 Å². The molecule has 0 aliphatic carbocycles. The van der Waals surface area contributed by atoms with Crippen molar-refractivity contribution < 1.29 is 8.78 Å². The molecule has 0 heterocycles. The zero-order valence-corrected chi connectivity index (χ0v) is 8.81. The Hall–Kier alpha value is -0.480. The fourth-order valence-electron chi connectivity index (χ4n) is 0.998. The van der Waals surface area contributed by atoms with E-state index in [1.165, 1.54) is 6.07 Å². The quantitative estimate of drug-likeness (QED) is 0.589. The normalized spacial score (nSPS) is 10.8. The van der Waals surface area contributed by atoms with Crippen LogP contribution in [0.15, 0.2) is 18.2 Å². The Balaban J connectivity index is 2.81. The van der Waals surface area contributed by atoms with Crippen LogP contribution in [0.2, 0.25) is 0 Å². The number of hydrogen-bond donors (Lipinski definition) is 0. The molecular formula is C9H10BrF2N. The lowest BCUT2D eigenvalue weighted by atomic mass is 10.2. The van der Waals surface area contributed by atoms with Crippen molar-refractivity contribution in [1.29, 1.82) is 0 Å². The molecule has 0 atom stereocenters. The molecule has 0 N–H and O–H groups in total. The Labute approximate surface area is 84.5 Å². The van der Waals surface area contributed by atoms with Crippen LogP contribution in [0.1, 0.15) is 5.56 Å². The van der Waals surface area contributed by atoms with Gasteiger partial charge in [-0.05, 0) is 25.2 Å². The predicted molar refractivity (Wildman–Crippen MR) is 51.6 cm³/mol. The molecule has 0 bridgehead atoms.